The summed E-state index contributed by atoms with van der Waals surface area (Å²) in [4.78, 5) is 4.19. The van der Waals surface area contributed by atoms with Gasteiger partial charge in [-0.1, -0.05) is 58.4 Å². The van der Waals surface area contributed by atoms with Crippen molar-refractivity contribution in [2.75, 3.05) is 13.7 Å². The normalized spacial score (nSPS) is 31.1. The predicted molar refractivity (Wildman–Crippen MR) is 117 cm³/mol. The van der Waals surface area contributed by atoms with Crippen molar-refractivity contribution in [1.29, 1.82) is 0 Å². The molecule has 2 aliphatic rings. The summed E-state index contributed by atoms with van der Waals surface area (Å²) in [6, 6.07) is 17.0. The molecule has 1 aromatic heterocycles. The van der Waals surface area contributed by atoms with Crippen molar-refractivity contribution in [2.45, 2.75) is 23.2 Å². The molecule has 1 aliphatic heterocycles. The van der Waals surface area contributed by atoms with Gasteiger partial charge in [0.1, 0.15) is 11.5 Å². The number of pyridine rings is 1. The van der Waals surface area contributed by atoms with Crippen LogP contribution in [0.4, 0.5) is 0 Å². The summed E-state index contributed by atoms with van der Waals surface area (Å²) in [5.41, 5.74) is -1.41. The lowest BCUT2D eigenvalue weighted by Gasteiger charge is -2.41. The van der Waals surface area contributed by atoms with E-state index in [9.17, 15) is 15.3 Å². The fourth-order valence-corrected chi connectivity index (χ4v) is 5.70. The molecule has 6 nitrogen and oxygen atoms in total. The van der Waals surface area contributed by atoms with Crippen LogP contribution in [0, 0.1) is 5.92 Å². The van der Waals surface area contributed by atoms with Crippen molar-refractivity contribution >= 4 is 15.9 Å². The quantitative estimate of drug-likeness (QED) is 0.528. The summed E-state index contributed by atoms with van der Waals surface area (Å²) in [5.74, 6) is -0.552. The number of halogens is 1. The monoisotopic (exact) mass is 483 g/mol. The van der Waals surface area contributed by atoms with E-state index < -0.39 is 29.1 Å². The van der Waals surface area contributed by atoms with E-state index in [0.717, 1.165) is 10.0 Å². The van der Waals surface area contributed by atoms with Crippen LogP contribution in [0.5, 0.6) is 11.5 Å². The van der Waals surface area contributed by atoms with Gasteiger partial charge in [0.2, 0.25) is 0 Å². The molecule has 2 aromatic carbocycles. The van der Waals surface area contributed by atoms with Crippen molar-refractivity contribution in [2.24, 2.45) is 5.92 Å². The standard InChI is InChI=1S/C24H22BrNO5/c1-30-18-11-26-12-19-21(18)23(29)22(28)17(13-27)20(14-5-3-2-4-6-14)24(23,31-19)15-7-9-16(25)10-8-15/h2-12,17,20,22,27-29H,13H2,1H3. The molecule has 5 rings (SSSR count). The Morgan fingerprint density at radius 2 is 1.81 bits per heavy atom. The third kappa shape index (κ3) is 2.58. The number of methoxy groups -OCH3 is 1. The molecule has 0 saturated heterocycles. The Balaban J connectivity index is 1.87. The van der Waals surface area contributed by atoms with E-state index in [0.29, 0.717) is 22.6 Å². The zero-order chi connectivity index (χ0) is 21.8. The number of benzene rings is 2. The first-order chi connectivity index (χ1) is 15.0. The maximum Gasteiger partial charge on any atom is 0.177 e. The van der Waals surface area contributed by atoms with Gasteiger partial charge in [-0.25, -0.2) is 0 Å². The lowest BCUT2D eigenvalue weighted by Crippen LogP contribution is -2.52. The van der Waals surface area contributed by atoms with Gasteiger partial charge in [0.15, 0.2) is 11.2 Å². The fraction of sp³-hybridized carbons (Fsp3) is 0.292. The molecule has 0 bridgehead atoms. The Labute approximate surface area is 188 Å². The third-order valence-corrected chi connectivity index (χ3v) is 7.19. The van der Waals surface area contributed by atoms with Crippen LogP contribution in [0.25, 0.3) is 0 Å². The highest BCUT2D eigenvalue weighted by molar-refractivity contribution is 9.10. The molecular weight excluding hydrogens is 462 g/mol. The molecule has 5 unspecified atom stereocenters. The van der Waals surface area contributed by atoms with Crippen LogP contribution < -0.4 is 9.47 Å². The predicted octanol–water partition coefficient (Wildman–Crippen LogP) is 3.10. The first-order valence-corrected chi connectivity index (χ1v) is 10.8. The summed E-state index contributed by atoms with van der Waals surface area (Å²) in [6.07, 6.45) is 1.70. The van der Waals surface area contributed by atoms with Crippen LogP contribution in [-0.2, 0) is 11.2 Å². The number of ether oxygens (including phenoxy) is 2. The summed E-state index contributed by atoms with van der Waals surface area (Å²) in [6.45, 7) is -0.326. The van der Waals surface area contributed by atoms with E-state index in [1.54, 1.807) is 0 Å². The third-order valence-electron chi connectivity index (χ3n) is 6.66. The molecule has 1 saturated carbocycles. The molecule has 2 heterocycles. The fourth-order valence-electron chi connectivity index (χ4n) is 5.43. The second kappa shape index (κ2) is 7.31. The second-order valence-corrected chi connectivity index (χ2v) is 8.92. The topological polar surface area (TPSA) is 92.0 Å². The van der Waals surface area contributed by atoms with Crippen LogP contribution in [0.15, 0.2) is 71.5 Å². The number of aliphatic hydroxyl groups excluding tert-OH is 2. The molecule has 3 aromatic rings. The lowest BCUT2D eigenvalue weighted by molar-refractivity contribution is -0.152. The first kappa shape index (κ1) is 20.5. The van der Waals surface area contributed by atoms with E-state index in [2.05, 4.69) is 20.9 Å². The highest BCUT2D eigenvalue weighted by atomic mass is 79.9. The van der Waals surface area contributed by atoms with Crippen LogP contribution in [0.3, 0.4) is 0 Å². The summed E-state index contributed by atoms with van der Waals surface area (Å²) in [5, 5.41) is 34.2. The van der Waals surface area contributed by atoms with Crippen LogP contribution in [0.2, 0.25) is 0 Å². The van der Waals surface area contributed by atoms with Crippen molar-refractivity contribution in [1.82, 2.24) is 4.98 Å². The molecule has 0 radical (unpaired) electrons. The minimum absolute atomic E-state index is 0.323. The molecule has 7 heteroatoms. The minimum atomic E-state index is -1.88. The van der Waals surface area contributed by atoms with Gasteiger partial charge in [-0.3, -0.25) is 4.98 Å². The van der Waals surface area contributed by atoms with Crippen molar-refractivity contribution in [3.63, 3.8) is 0 Å². The van der Waals surface area contributed by atoms with Gasteiger partial charge in [0.25, 0.3) is 0 Å². The maximum absolute atomic E-state index is 12.4. The number of aromatic nitrogens is 1. The second-order valence-electron chi connectivity index (χ2n) is 8.01. The molecule has 0 spiro atoms. The highest BCUT2D eigenvalue weighted by Gasteiger charge is 2.76. The van der Waals surface area contributed by atoms with Crippen molar-refractivity contribution < 1.29 is 24.8 Å². The molecule has 0 amide bonds. The largest absolute Gasteiger partial charge is 0.495 e. The Bertz CT molecular complexity index is 1110. The molecular formula is C24H22BrNO5. The van der Waals surface area contributed by atoms with Crippen molar-refractivity contribution in [3.8, 4) is 11.5 Å². The Morgan fingerprint density at radius 3 is 2.45 bits per heavy atom. The Hall–Kier alpha value is -2.45. The molecule has 5 atom stereocenters. The van der Waals surface area contributed by atoms with Gasteiger partial charge < -0.3 is 24.8 Å². The molecule has 3 N–H and O–H groups in total. The first-order valence-electron chi connectivity index (χ1n) is 10.0. The number of rotatable bonds is 4. The van der Waals surface area contributed by atoms with E-state index in [1.807, 2.05) is 54.6 Å². The number of fused-ring (bicyclic) bond motifs is 3. The van der Waals surface area contributed by atoms with Crippen LogP contribution in [-0.4, -0.2) is 40.1 Å². The van der Waals surface area contributed by atoms with Gasteiger partial charge in [0.05, 0.1) is 31.2 Å². The SMILES string of the molecule is COc1cncc2c1C1(O)C(O)C(CO)C(c3ccccc3)C1(c1ccc(Br)cc1)O2. The van der Waals surface area contributed by atoms with Gasteiger partial charge >= 0.3 is 0 Å². The molecule has 31 heavy (non-hydrogen) atoms. The van der Waals surface area contributed by atoms with Gasteiger partial charge in [-0.05, 0) is 23.3 Å². The highest BCUT2D eigenvalue weighted by Crippen LogP contribution is 2.69. The maximum atomic E-state index is 12.4. The van der Waals surface area contributed by atoms with Gasteiger partial charge in [0, 0.05) is 22.9 Å². The molecule has 1 aliphatic carbocycles. The number of hydrogen-bond acceptors (Lipinski definition) is 6. The molecule has 160 valence electrons. The summed E-state index contributed by atoms with van der Waals surface area (Å²) >= 11 is 3.46. The van der Waals surface area contributed by atoms with Crippen LogP contribution in [0.1, 0.15) is 22.6 Å². The van der Waals surface area contributed by atoms with Gasteiger partial charge in [-0.15, -0.1) is 0 Å². The Morgan fingerprint density at radius 1 is 1.10 bits per heavy atom. The Kier molecular flexibility index (Phi) is 4.82. The zero-order valence-electron chi connectivity index (χ0n) is 16.8. The molecule has 1 fully saturated rings. The van der Waals surface area contributed by atoms with Crippen molar-refractivity contribution in [3.05, 3.63) is 88.2 Å². The lowest BCUT2D eigenvalue weighted by atomic mass is 9.70. The van der Waals surface area contributed by atoms with E-state index in [1.165, 1.54) is 19.5 Å². The number of hydrogen-bond donors (Lipinski definition) is 3. The van der Waals surface area contributed by atoms with E-state index in [-0.39, 0.29) is 6.61 Å². The summed E-state index contributed by atoms with van der Waals surface area (Å²) < 4.78 is 13.0. The van der Waals surface area contributed by atoms with E-state index in [4.69, 9.17) is 9.47 Å². The number of aliphatic hydroxyl groups is 3. The van der Waals surface area contributed by atoms with E-state index >= 15 is 0 Å². The average Bonchev–Trinajstić information content (AvgIpc) is 3.18. The summed E-state index contributed by atoms with van der Waals surface area (Å²) in [7, 11) is 1.49. The minimum Gasteiger partial charge on any atom is -0.495 e. The zero-order valence-corrected chi connectivity index (χ0v) is 18.4. The van der Waals surface area contributed by atoms with Crippen LogP contribution >= 0.6 is 15.9 Å². The smallest absolute Gasteiger partial charge is 0.177 e. The van der Waals surface area contributed by atoms with Gasteiger partial charge in [-0.2, -0.15) is 0 Å². The number of nitrogens with zero attached hydrogens (tertiary/aromatic N) is 1. The average molecular weight is 484 g/mol.